The number of nitrogen functional groups attached to an aromatic ring is 1. The molecule has 1 aromatic rings. The molecule has 0 heterocycles. The van der Waals surface area contributed by atoms with Gasteiger partial charge < -0.3 is 15.8 Å². The molecule has 4 nitrogen and oxygen atoms in total. The van der Waals surface area contributed by atoms with Gasteiger partial charge in [-0.05, 0) is 30.9 Å². The number of halogens is 3. The lowest BCUT2D eigenvalue weighted by Crippen LogP contribution is -2.26. The number of nitrogens with one attached hydrogen (secondary N) is 1. The van der Waals surface area contributed by atoms with Crippen molar-refractivity contribution in [1.29, 1.82) is 0 Å². The zero-order valence-electron chi connectivity index (χ0n) is 11.7. The van der Waals surface area contributed by atoms with Crippen molar-refractivity contribution >= 4 is 23.4 Å². The summed E-state index contributed by atoms with van der Waals surface area (Å²) < 4.78 is 40.0. The Balaban J connectivity index is 2.64. The lowest BCUT2D eigenvalue weighted by atomic mass is 10.1. The van der Waals surface area contributed by atoms with Crippen LogP contribution < -0.4 is 15.8 Å². The molecular weight excluding hydrogens is 305 g/mol. The second-order valence-corrected chi connectivity index (χ2v) is 5.67. The third-order valence-electron chi connectivity index (χ3n) is 2.74. The molecule has 3 N–H and O–H groups in total. The smallest absolute Gasteiger partial charge is 0.404 e. The molecule has 1 aromatic carbocycles. The van der Waals surface area contributed by atoms with E-state index in [2.05, 4.69) is 10.1 Å². The maximum absolute atomic E-state index is 12.1. The Morgan fingerprint density at radius 2 is 2.14 bits per heavy atom. The van der Waals surface area contributed by atoms with Crippen LogP contribution in [0.4, 0.5) is 18.9 Å². The topological polar surface area (TPSA) is 64.3 Å². The minimum atomic E-state index is -4.81. The molecule has 1 amide bonds. The zero-order chi connectivity index (χ0) is 16.0. The van der Waals surface area contributed by atoms with Crippen LogP contribution in [0.25, 0.3) is 0 Å². The molecule has 0 aliphatic rings. The Labute approximate surface area is 125 Å². The molecular formula is C13H17F3N2O2S. The van der Waals surface area contributed by atoms with Crippen molar-refractivity contribution in [3.63, 3.8) is 0 Å². The number of hydrogen-bond donors (Lipinski definition) is 2. The molecule has 8 heteroatoms. The first-order chi connectivity index (χ1) is 9.73. The molecule has 0 aromatic heterocycles. The number of amides is 1. The van der Waals surface area contributed by atoms with Crippen molar-refractivity contribution < 1.29 is 22.7 Å². The van der Waals surface area contributed by atoms with Crippen LogP contribution in [0.5, 0.6) is 5.75 Å². The number of alkyl halides is 3. The third-order valence-corrected chi connectivity index (χ3v) is 3.78. The largest absolute Gasteiger partial charge is 0.573 e. The number of ether oxygens (including phenoxy) is 1. The van der Waals surface area contributed by atoms with E-state index in [1.165, 1.54) is 6.07 Å². The summed E-state index contributed by atoms with van der Waals surface area (Å²) in [4.78, 5) is 11.8. The number of anilines is 1. The molecule has 21 heavy (non-hydrogen) atoms. The van der Waals surface area contributed by atoms with Gasteiger partial charge in [0, 0.05) is 17.4 Å². The maximum atomic E-state index is 12.1. The lowest BCUT2D eigenvalue weighted by molar-refractivity contribution is -0.274. The molecule has 0 fully saturated rings. The van der Waals surface area contributed by atoms with E-state index < -0.39 is 12.1 Å². The minimum absolute atomic E-state index is 0.193. The molecule has 1 rings (SSSR count). The van der Waals surface area contributed by atoms with Crippen molar-refractivity contribution in [2.75, 3.05) is 18.5 Å². The molecule has 0 saturated heterocycles. The highest BCUT2D eigenvalue weighted by Crippen LogP contribution is 2.28. The van der Waals surface area contributed by atoms with E-state index in [0.717, 1.165) is 18.6 Å². The van der Waals surface area contributed by atoms with E-state index in [-0.39, 0.29) is 17.2 Å². The van der Waals surface area contributed by atoms with E-state index in [1.807, 2.05) is 13.2 Å². The van der Waals surface area contributed by atoms with E-state index in [4.69, 9.17) is 5.73 Å². The fourth-order valence-electron chi connectivity index (χ4n) is 1.52. The van der Waals surface area contributed by atoms with Gasteiger partial charge in [0.05, 0.1) is 5.69 Å². The van der Waals surface area contributed by atoms with E-state index in [9.17, 15) is 18.0 Å². The normalized spacial score (nSPS) is 12.8. The van der Waals surface area contributed by atoms with Crippen molar-refractivity contribution in [3.8, 4) is 5.75 Å². The monoisotopic (exact) mass is 322 g/mol. The van der Waals surface area contributed by atoms with Gasteiger partial charge >= 0.3 is 6.36 Å². The van der Waals surface area contributed by atoms with Gasteiger partial charge in [0.25, 0.3) is 5.91 Å². The van der Waals surface area contributed by atoms with Crippen LogP contribution in [0, 0.1) is 0 Å². The summed E-state index contributed by atoms with van der Waals surface area (Å²) in [6, 6.07) is 3.43. The van der Waals surface area contributed by atoms with Crippen molar-refractivity contribution in [1.82, 2.24) is 5.32 Å². The van der Waals surface area contributed by atoms with Gasteiger partial charge in [0.1, 0.15) is 0 Å². The summed E-state index contributed by atoms with van der Waals surface area (Å²) >= 11 is 1.69. The number of rotatable bonds is 6. The average Bonchev–Trinajstić information content (AvgIpc) is 2.39. The highest BCUT2D eigenvalue weighted by molar-refractivity contribution is 7.99. The van der Waals surface area contributed by atoms with Crippen LogP contribution in [0.2, 0.25) is 0 Å². The Morgan fingerprint density at radius 1 is 1.48 bits per heavy atom. The number of benzene rings is 1. The fraction of sp³-hybridized carbons (Fsp3) is 0.462. The van der Waals surface area contributed by atoms with Gasteiger partial charge in [-0.25, -0.2) is 0 Å². The molecule has 0 spiro atoms. The molecule has 0 radical (unpaired) electrons. The van der Waals surface area contributed by atoms with Crippen molar-refractivity contribution in [3.05, 3.63) is 23.8 Å². The highest BCUT2D eigenvalue weighted by atomic mass is 32.2. The average molecular weight is 322 g/mol. The maximum Gasteiger partial charge on any atom is 0.573 e. The van der Waals surface area contributed by atoms with Gasteiger partial charge in [-0.15, -0.1) is 13.2 Å². The zero-order valence-corrected chi connectivity index (χ0v) is 12.5. The predicted octanol–water partition coefficient (Wildman–Crippen LogP) is 3.04. The molecule has 0 aliphatic heterocycles. The van der Waals surface area contributed by atoms with Crippen molar-refractivity contribution in [2.24, 2.45) is 0 Å². The van der Waals surface area contributed by atoms with Gasteiger partial charge in [0.2, 0.25) is 0 Å². The molecule has 1 unspecified atom stereocenters. The number of carbonyl (C=O) groups is 1. The summed E-state index contributed by atoms with van der Waals surface area (Å²) in [5.74, 6) is -0.899. The summed E-state index contributed by atoms with van der Waals surface area (Å²) in [6.07, 6.45) is -2.03. The number of thioether (sulfide) groups is 1. The van der Waals surface area contributed by atoms with Crippen molar-refractivity contribution in [2.45, 2.75) is 25.0 Å². The Bertz CT molecular complexity index is 495. The van der Waals surface area contributed by atoms with Crippen LogP contribution in [-0.2, 0) is 0 Å². The number of hydrogen-bond acceptors (Lipinski definition) is 4. The Kier molecular flexibility index (Phi) is 6.19. The standard InChI is InChI=1S/C13H17F3N2O2S/c1-8(21-2)5-6-18-12(19)9-3-4-11(10(17)7-9)20-13(14,15)16/h3-4,7-8H,5-6,17H2,1-2H3,(H,18,19). The predicted molar refractivity (Wildman–Crippen MR) is 77.5 cm³/mol. The first-order valence-electron chi connectivity index (χ1n) is 6.19. The van der Waals surface area contributed by atoms with Crippen LogP contribution in [0.1, 0.15) is 23.7 Å². The Hall–Kier alpha value is -1.57. The first kappa shape index (κ1) is 17.5. The Morgan fingerprint density at radius 3 is 2.67 bits per heavy atom. The molecule has 0 aliphatic carbocycles. The van der Waals surface area contributed by atoms with Gasteiger partial charge in [-0.1, -0.05) is 6.92 Å². The van der Waals surface area contributed by atoms with Gasteiger partial charge in [0.15, 0.2) is 5.75 Å². The summed E-state index contributed by atoms with van der Waals surface area (Å²) in [6.45, 7) is 2.53. The van der Waals surface area contributed by atoms with E-state index >= 15 is 0 Å². The minimum Gasteiger partial charge on any atom is -0.404 e. The van der Waals surface area contributed by atoms with E-state index in [0.29, 0.717) is 11.8 Å². The van der Waals surface area contributed by atoms with Crippen LogP contribution in [0.15, 0.2) is 18.2 Å². The molecule has 1 atom stereocenters. The van der Waals surface area contributed by atoms with Crippen LogP contribution >= 0.6 is 11.8 Å². The van der Waals surface area contributed by atoms with Gasteiger partial charge in [-0.2, -0.15) is 11.8 Å². The molecule has 0 bridgehead atoms. The quantitative estimate of drug-likeness (QED) is 0.790. The van der Waals surface area contributed by atoms with Crippen LogP contribution in [0.3, 0.4) is 0 Å². The highest BCUT2D eigenvalue weighted by Gasteiger charge is 2.32. The second-order valence-electron chi connectivity index (χ2n) is 4.39. The van der Waals surface area contributed by atoms with Gasteiger partial charge in [-0.3, -0.25) is 4.79 Å². The number of carbonyl (C=O) groups excluding carboxylic acids is 1. The lowest BCUT2D eigenvalue weighted by Gasteiger charge is -2.12. The molecule has 0 saturated carbocycles. The first-order valence-corrected chi connectivity index (χ1v) is 7.48. The summed E-state index contributed by atoms with van der Waals surface area (Å²) in [5.41, 5.74) is 5.41. The SMILES string of the molecule is CSC(C)CCNC(=O)c1ccc(OC(F)(F)F)c(N)c1. The second kappa shape index (κ2) is 7.44. The third kappa shape index (κ3) is 6.16. The molecule has 118 valence electrons. The van der Waals surface area contributed by atoms with E-state index in [1.54, 1.807) is 11.8 Å². The summed E-state index contributed by atoms with van der Waals surface area (Å²) in [7, 11) is 0. The fourth-order valence-corrected chi connectivity index (χ4v) is 1.87. The summed E-state index contributed by atoms with van der Waals surface area (Å²) in [5, 5.41) is 3.10. The van der Waals surface area contributed by atoms with Crippen LogP contribution in [-0.4, -0.2) is 30.3 Å². The number of nitrogens with two attached hydrogens (primary N) is 1.